The highest BCUT2D eigenvalue weighted by molar-refractivity contribution is 6.23. The molecule has 0 amide bonds. The van der Waals surface area contributed by atoms with E-state index in [-0.39, 0.29) is 5.50 Å². The van der Waals surface area contributed by atoms with Gasteiger partial charge in [-0.05, 0) is 0 Å². The van der Waals surface area contributed by atoms with Crippen LogP contribution in [0.1, 0.15) is 0 Å². The Morgan fingerprint density at radius 3 is 3.00 bits per heavy atom. The summed E-state index contributed by atoms with van der Waals surface area (Å²) in [6.07, 6.45) is 0. The van der Waals surface area contributed by atoms with Crippen molar-refractivity contribution >= 4 is 17.4 Å². The van der Waals surface area contributed by atoms with Crippen molar-refractivity contribution < 1.29 is 0 Å². The van der Waals surface area contributed by atoms with Gasteiger partial charge in [0.15, 0.2) is 0 Å². The smallest absolute Gasteiger partial charge is 0.143 e. The number of amidine groups is 1. The Labute approximate surface area is 46.8 Å². The second kappa shape index (κ2) is 0.944. The number of rotatable bonds is 0. The Morgan fingerprint density at radius 2 is 2.71 bits per heavy atom. The summed E-state index contributed by atoms with van der Waals surface area (Å²) in [7, 11) is 0. The Bertz CT molecular complexity index is 132. The summed E-state index contributed by atoms with van der Waals surface area (Å²) in [5, 5.41) is 0. The van der Waals surface area contributed by atoms with Crippen LogP contribution in [0.2, 0.25) is 0 Å². The molecule has 0 aliphatic carbocycles. The van der Waals surface area contributed by atoms with Crippen LogP contribution in [-0.2, 0) is 0 Å². The molecule has 0 aromatic rings. The number of nitrogens with zero attached hydrogens (tertiary/aromatic N) is 2. The fourth-order valence-corrected chi connectivity index (χ4v) is 1.09. The molecule has 2 nitrogen and oxygen atoms in total. The minimum Gasteiger partial charge on any atom is -0.348 e. The highest BCUT2D eigenvalue weighted by Crippen LogP contribution is 2.21. The van der Waals surface area contributed by atoms with E-state index in [0.717, 1.165) is 13.1 Å². The molecule has 1 unspecified atom stereocenters. The second-order valence-electron chi connectivity index (χ2n) is 1.86. The third-order valence-electron chi connectivity index (χ3n) is 1.25. The van der Waals surface area contributed by atoms with E-state index in [1.807, 2.05) is 0 Å². The molecule has 3 heteroatoms. The summed E-state index contributed by atoms with van der Waals surface area (Å²) >= 11 is 5.61. The topological polar surface area (TPSA) is 15.4 Å². The lowest BCUT2D eigenvalue weighted by atomic mass is 10.6. The SMILES string of the molecule is ClC1CN2CC2=N1. The first-order valence-corrected chi connectivity index (χ1v) is 2.75. The number of fused-ring (bicyclic) bond motifs is 1. The maximum absolute atomic E-state index is 5.61. The zero-order valence-electron chi connectivity index (χ0n) is 3.76. The van der Waals surface area contributed by atoms with Crippen LogP contribution < -0.4 is 0 Å². The molecule has 38 valence electrons. The van der Waals surface area contributed by atoms with Gasteiger partial charge in [0.1, 0.15) is 11.3 Å². The van der Waals surface area contributed by atoms with Crippen LogP contribution in [0.25, 0.3) is 0 Å². The molecule has 1 saturated heterocycles. The van der Waals surface area contributed by atoms with Crippen LogP contribution >= 0.6 is 11.6 Å². The number of halogens is 1. The van der Waals surface area contributed by atoms with Crippen LogP contribution in [-0.4, -0.2) is 29.3 Å². The summed E-state index contributed by atoms with van der Waals surface area (Å²) in [6, 6.07) is 0. The zero-order valence-corrected chi connectivity index (χ0v) is 4.52. The maximum Gasteiger partial charge on any atom is 0.143 e. The van der Waals surface area contributed by atoms with Gasteiger partial charge in [0.25, 0.3) is 0 Å². The molecule has 0 aromatic carbocycles. The van der Waals surface area contributed by atoms with Gasteiger partial charge >= 0.3 is 0 Å². The predicted molar refractivity (Wildman–Crippen MR) is 28.6 cm³/mol. The molecule has 0 spiro atoms. The first-order valence-electron chi connectivity index (χ1n) is 2.32. The number of hydrogen-bond donors (Lipinski definition) is 0. The molecule has 0 saturated carbocycles. The molecule has 0 aromatic heterocycles. The minimum absolute atomic E-state index is 0.0590. The maximum atomic E-state index is 5.61. The lowest BCUT2D eigenvalue weighted by molar-refractivity contribution is 0.624. The van der Waals surface area contributed by atoms with Crippen molar-refractivity contribution in [3.63, 3.8) is 0 Å². The largest absolute Gasteiger partial charge is 0.348 e. The first kappa shape index (κ1) is 3.72. The van der Waals surface area contributed by atoms with Crippen molar-refractivity contribution in [2.75, 3.05) is 13.1 Å². The van der Waals surface area contributed by atoms with E-state index >= 15 is 0 Å². The van der Waals surface area contributed by atoms with Gasteiger partial charge in [-0.25, -0.2) is 4.99 Å². The highest BCUT2D eigenvalue weighted by Gasteiger charge is 2.35. The minimum atomic E-state index is 0.0590. The van der Waals surface area contributed by atoms with Crippen LogP contribution in [0.3, 0.4) is 0 Å². The monoisotopic (exact) mass is 116 g/mol. The summed E-state index contributed by atoms with van der Waals surface area (Å²) in [5.74, 6) is 1.19. The van der Waals surface area contributed by atoms with Gasteiger partial charge in [-0.3, -0.25) is 0 Å². The van der Waals surface area contributed by atoms with E-state index in [1.54, 1.807) is 0 Å². The van der Waals surface area contributed by atoms with Crippen molar-refractivity contribution in [1.29, 1.82) is 0 Å². The number of alkyl halides is 1. The molecule has 2 rings (SSSR count). The molecule has 0 radical (unpaired) electrons. The van der Waals surface area contributed by atoms with Gasteiger partial charge in [-0.1, -0.05) is 11.6 Å². The summed E-state index contributed by atoms with van der Waals surface area (Å²) in [4.78, 5) is 6.24. The van der Waals surface area contributed by atoms with E-state index in [0.29, 0.717) is 0 Å². The molecule has 0 N–H and O–H groups in total. The van der Waals surface area contributed by atoms with E-state index in [2.05, 4.69) is 9.89 Å². The van der Waals surface area contributed by atoms with E-state index in [4.69, 9.17) is 11.6 Å². The van der Waals surface area contributed by atoms with Crippen molar-refractivity contribution in [1.82, 2.24) is 4.90 Å². The molecule has 2 aliphatic heterocycles. The molecular weight excluding hydrogens is 112 g/mol. The van der Waals surface area contributed by atoms with Crippen LogP contribution in [0, 0.1) is 0 Å². The van der Waals surface area contributed by atoms with Gasteiger partial charge in [0.2, 0.25) is 0 Å². The van der Waals surface area contributed by atoms with Crippen LogP contribution in [0.4, 0.5) is 0 Å². The van der Waals surface area contributed by atoms with Gasteiger partial charge in [0.05, 0.1) is 13.1 Å². The molecule has 1 atom stereocenters. The third kappa shape index (κ3) is 0.430. The first-order chi connectivity index (χ1) is 3.36. The number of aliphatic imine (C=N–C) groups is 1. The third-order valence-corrected chi connectivity index (χ3v) is 1.49. The molecule has 0 bridgehead atoms. The van der Waals surface area contributed by atoms with E-state index < -0.39 is 0 Å². The van der Waals surface area contributed by atoms with E-state index in [1.165, 1.54) is 5.84 Å². The van der Waals surface area contributed by atoms with Crippen LogP contribution in [0.15, 0.2) is 4.99 Å². The fourth-order valence-electron chi connectivity index (χ4n) is 0.812. The van der Waals surface area contributed by atoms with Gasteiger partial charge in [0, 0.05) is 0 Å². The number of hydrogen-bond acceptors (Lipinski definition) is 2. The highest BCUT2D eigenvalue weighted by atomic mass is 35.5. The van der Waals surface area contributed by atoms with Gasteiger partial charge < -0.3 is 4.90 Å². The van der Waals surface area contributed by atoms with Crippen LogP contribution in [0.5, 0.6) is 0 Å². The normalized spacial score (nSPS) is 35.3. The lowest BCUT2D eigenvalue weighted by Gasteiger charge is -1.93. The Morgan fingerprint density at radius 1 is 1.86 bits per heavy atom. The standard InChI is InChI=1S/C4H5ClN2/c5-3-1-7-2-4(7)6-3/h3H,1-2H2. The molecule has 2 heterocycles. The van der Waals surface area contributed by atoms with Crippen molar-refractivity contribution in [2.24, 2.45) is 4.99 Å². The quantitative estimate of drug-likeness (QED) is 0.252. The van der Waals surface area contributed by atoms with Gasteiger partial charge in [-0.2, -0.15) is 0 Å². The molecule has 7 heavy (non-hydrogen) atoms. The zero-order chi connectivity index (χ0) is 4.85. The fraction of sp³-hybridized carbons (Fsp3) is 0.750. The summed E-state index contributed by atoms with van der Waals surface area (Å²) in [6.45, 7) is 2.01. The van der Waals surface area contributed by atoms with Crippen molar-refractivity contribution in [3.05, 3.63) is 0 Å². The van der Waals surface area contributed by atoms with Gasteiger partial charge in [-0.15, -0.1) is 0 Å². The molecule has 2 aliphatic rings. The summed E-state index contributed by atoms with van der Waals surface area (Å²) in [5.41, 5.74) is 0.0590. The van der Waals surface area contributed by atoms with E-state index in [9.17, 15) is 0 Å². The van der Waals surface area contributed by atoms with Crippen molar-refractivity contribution in [2.45, 2.75) is 5.50 Å². The lowest BCUT2D eigenvalue weighted by Crippen LogP contribution is -2.04. The average molecular weight is 117 g/mol. The second-order valence-corrected chi connectivity index (χ2v) is 2.36. The Balaban J connectivity index is 2.23. The Hall–Kier alpha value is -0.240. The molecular formula is C4H5ClN2. The molecule has 1 fully saturated rings. The summed E-state index contributed by atoms with van der Waals surface area (Å²) < 4.78 is 0. The average Bonchev–Trinajstić information content (AvgIpc) is 2.15. The van der Waals surface area contributed by atoms with Crippen molar-refractivity contribution in [3.8, 4) is 0 Å². The Kier molecular flexibility index (Phi) is 0.502. The predicted octanol–water partition coefficient (Wildman–Crippen LogP) is 0.279.